The number of carbonyl (C=O) groups excluding carboxylic acids is 3. The number of nitrogens with zero attached hydrogens (tertiary/aromatic N) is 2. The number of carboxylic acid groups (broad SMARTS) is 1. The number of amides is 3. The molecule has 1 aromatic heterocycles. The van der Waals surface area contributed by atoms with E-state index in [2.05, 4.69) is 38.5 Å². The number of nitrogens with one attached hydrogen (secondary N) is 4. The Morgan fingerprint density at radius 1 is 1.19 bits per heavy atom. The maximum atomic E-state index is 13.1. The fourth-order valence-electron chi connectivity index (χ4n) is 3.95. The average molecular weight is 453 g/mol. The van der Waals surface area contributed by atoms with Crippen LogP contribution >= 0.6 is 12.6 Å². The Balaban J connectivity index is 1.62. The lowest BCUT2D eigenvalue weighted by Gasteiger charge is -2.29. The largest absolute Gasteiger partial charge is 0.480 e. The molecule has 2 aliphatic heterocycles. The summed E-state index contributed by atoms with van der Waals surface area (Å²) >= 11 is 4.21. The molecule has 0 saturated carbocycles. The van der Waals surface area contributed by atoms with E-state index in [4.69, 9.17) is 0 Å². The van der Waals surface area contributed by atoms with Gasteiger partial charge in [0.05, 0.1) is 12.4 Å². The van der Waals surface area contributed by atoms with Gasteiger partial charge in [-0.05, 0) is 32.2 Å². The minimum Gasteiger partial charge on any atom is -0.480 e. The lowest BCUT2D eigenvalue weighted by atomic mass is 10.1. The second-order valence-electron chi connectivity index (χ2n) is 7.76. The van der Waals surface area contributed by atoms with Gasteiger partial charge in [0.2, 0.25) is 17.7 Å². The van der Waals surface area contributed by atoms with Crippen LogP contribution in [0.2, 0.25) is 0 Å². The van der Waals surface area contributed by atoms with E-state index >= 15 is 0 Å². The van der Waals surface area contributed by atoms with Gasteiger partial charge in [0.25, 0.3) is 0 Å². The Morgan fingerprint density at radius 3 is 2.58 bits per heavy atom. The van der Waals surface area contributed by atoms with Crippen LogP contribution in [0.15, 0.2) is 12.5 Å². The van der Waals surface area contributed by atoms with Crippen molar-refractivity contribution in [2.45, 2.75) is 56.3 Å². The Kier molecular flexibility index (Phi) is 7.91. The molecule has 4 atom stereocenters. The first-order chi connectivity index (χ1) is 14.9. The lowest BCUT2D eigenvalue weighted by Crippen LogP contribution is -2.57. The number of aliphatic carboxylic acids is 1. The predicted molar refractivity (Wildman–Crippen MR) is 113 cm³/mol. The minimum absolute atomic E-state index is 0.0471. The molecule has 0 aromatic carbocycles. The van der Waals surface area contributed by atoms with Crippen LogP contribution in [0.1, 0.15) is 31.4 Å². The molecule has 2 aliphatic rings. The van der Waals surface area contributed by atoms with Gasteiger partial charge in [0.1, 0.15) is 18.1 Å². The smallest absolute Gasteiger partial charge is 0.326 e. The molecule has 11 nitrogen and oxygen atoms in total. The highest BCUT2D eigenvalue weighted by Gasteiger charge is 2.39. The highest BCUT2D eigenvalue weighted by atomic mass is 32.1. The van der Waals surface area contributed by atoms with Gasteiger partial charge in [0, 0.05) is 30.6 Å². The molecule has 12 heteroatoms. The van der Waals surface area contributed by atoms with E-state index in [0.717, 1.165) is 13.0 Å². The van der Waals surface area contributed by atoms with Crippen molar-refractivity contribution in [3.8, 4) is 0 Å². The molecule has 31 heavy (non-hydrogen) atoms. The fourth-order valence-corrected chi connectivity index (χ4v) is 4.20. The molecular weight excluding hydrogens is 424 g/mol. The van der Waals surface area contributed by atoms with E-state index in [1.54, 1.807) is 0 Å². The second-order valence-corrected chi connectivity index (χ2v) is 8.13. The summed E-state index contributed by atoms with van der Waals surface area (Å²) in [5, 5.41) is 17.8. The molecule has 4 unspecified atom stereocenters. The number of thiol groups is 1. The van der Waals surface area contributed by atoms with Gasteiger partial charge in [-0.3, -0.25) is 14.4 Å². The van der Waals surface area contributed by atoms with Crippen molar-refractivity contribution in [3.05, 3.63) is 18.2 Å². The Morgan fingerprint density at radius 2 is 1.97 bits per heavy atom. The topological polar surface area (TPSA) is 157 Å². The zero-order valence-corrected chi connectivity index (χ0v) is 17.9. The predicted octanol–water partition coefficient (Wildman–Crippen LogP) is -1.32. The molecule has 1 aromatic rings. The second kappa shape index (κ2) is 10.6. The quantitative estimate of drug-likeness (QED) is 0.254. The third-order valence-electron chi connectivity index (χ3n) is 5.61. The molecule has 2 fully saturated rings. The van der Waals surface area contributed by atoms with E-state index in [9.17, 15) is 24.3 Å². The van der Waals surface area contributed by atoms with Crippen LogP contribution in [0.4, 0.5) is 0 Å². The number of aromatic amines is 1. The first-order valence-corrected chi connectivity index (χ1v) is 11.0. The number of aromatic nitrogens is 2. The van der Waals surface area contributed by atoms with Crippen LogP contribution in [0.25, 0.3) is 0 Å². The fraction of sp³-hybridized carbons (Fsp3) is 0.632. The maximum absolute atomic E-state index is 13.1. The molecular formula is C19H28N6O5S. The normalized spacial score (nSPS) is 22.7. The molecule has 170 valence electrons. The molecule has 3 heterocycles. The van der Waals surface area contributed by atoms with Gasteiger partial charge in [-0.2, -0.15) is 12.6 Å². The van der Waals surface area contributed by atoms with E-state index in [1.807, 2.05) is 0 Å². The number of hydrogen-bond acceptors (Lipinski definition) is 7. The summed E-state index contributed by atoms with van der Waals surface area (Å²) in [6, 6.07) is -3.13. The van der Waals surface area contributed by atoms with Crippen molar-refractivity contribution in [1.29, 1.82) is 0 Å². The molecule has 3 amide bonds. The average Bonchev–Trinajstić information content (AvgIpc) is 3.52. The summed E-state index contributed by atoms with van der Waals surface area (Å²) < 4.78 is 0. The molecule has 5 N–H and O–H groups in total. The number of carboxylic acids is 1. The Labute approximate surface area is 185 Å². The highest BCUT2D eigenvalue weighted by molar-refractivity contribution is 7.80. The molecule has 3 rings (SSSR count). The molecule has 2 saturated heterocycles. The number of hydrogen-bond donors (Lipinski definition) is 6. The highest BCUT2D eigenvalue weighted by Crippen LogP contribution is 2.19. The minimum atomic E-state index is -1.18. The number of likely N-dealkylation sites (tertiary alicyclic amines) is 1. The van der Waals surface area contributed by atoms with Crippen molar-refractivity contribution in [3.63, 3.8) is 0 Å². The molecule has 0 bridgehead atoms. The van der Waals surface area contributed by atoms with Gasteiger partial charge in [-0.1, -0.05) is 0 Å². The van der Waals surface area contributed by atoms with E-state index < -0.39 is 30.0 Å². The van der Waals surface area contributed by atoms with Crippen LogP contribution in [0.3, 0.4) is 0 Å². The third kappa shape index (κ3) is 5.76. The van der Waals surface area contributed by atoms with Crippen molar-refractivity contribution in [1.82, 2.24) is 30.8 Å². The molecule has 0 radical (unpaired) electrons. The third-order valence-corrected chi connectivity index (χ3v) is 5.97. The standard InChI is InChI=1S/C19H28N6O5S/c26-16(12-3-1-5-21-12)24-14(9-31)18(28)25-6-2-4-15(25)17(27)23-13(19(29)30)7-11-8-20-10-22-11/h8,10,12-15,21,31H,1-7,9H2,(H,20,22)(H,23,27)(H,24,26)(H,29,30). The van der Waals surface area contributed by atoms with Crippen molar-refractivity contribution in [2.75, 3.05) is 18.8 Å². The first kappa shape index (κ1) is 23.1. The SMILES string of the molecule is O=C(O)C(Cc1cnc[nH]1)NC(=O)C1CCCN1C(=O)C(CS)NC(=O)C1CCCN1. The Bertz CT molecular complexity index is 798. The van der Waals surface area contributed by atoms with Crippen molar-refractivity contribution in [2.24, 2.45) is 0 Å². The number of imidazole rings is 1. The molecule has 0 spiro atoms. The van der Waals surface area contributed by atoms with Crippen LogP contribution in [0, 0.1) is 0 Å². The van der Waals surface area contributed by atoms with Gasteiger partial charge >= 0.3 is 5.97 Å². The summed E-state index contributed by atoms with van der Waals surface area (Å²) in [5.74, 6) is -2.25. The van der Waals surface area contributed by atoms with Crippen LogP contribution in [0.5, 0.6) is 0 Å². The van der Waals surface area contributed by atoms with Crippen LogP contribution < -0.4 is 16.0 Å². The lowest BCUT2D eigenvalue weighted by molar-refractivity contribution is -0.144. The van der Waals surface area contributed by atoms with Crippen LogP contribution in [-0.4, -0.2) is 86.7 Å². The number of rotatable bonds is 9. The maximum Gasteiger partial charge on any atom is 0.326 e. The number of H-pyrrole nitrogens is 1. The van der Waals surface area contributed by atoms with Gasteiger partial charge in [-0.15, -0.1) is 0 Å². The monoisotopic (exact) mass is 452 g/mol. The zero-order valence-electron chi connectivity index (χ0n) is 17.0. The number of carbonyl (C=O) groups is 4. The van der Waals surface area contributed by atoms with E-state index in [1.165, 1.54) is 17.4 Å². The van der Waals surface area contributed by atoms with Gasteiger partial charge < -0.3 is 30.9 Å². The van der Waals surface area contributed by atoms with E-state index in [0.29, 0.717) is 31.5 Å². The Hall–Kier alpha value is -2.60. The summed E-state index contributed by atoms with van der Waals surface area (Å²) in [5.41, 5.74) is 0.574. The van der Waals surface area contributed by atoms with Crippen LogP contribution in [-0.2, 0) is 25.6 Å². The molecule has 0 aliphatic carbocycles. The van der Waals surface area contributed by atoms with Gasteiger partial charge in [0.15, 0.2) is 0 Å². The first-order valence-electron chi connectivity index (χ1n) is 10.4. The summed E-state index contributed by atoms with van der Waals surface area (Å²) in [4.78, 5) is 57.9. The summed E-state index contributed by atoms with van der Waals surface area (Å²) in [6.07, 6.45) is 5.61. The van der Waals surface area contributed by atoms with E-state index in [-0.39, 0.29) is 30.0 Å². The van der Waals surface area contributed by atoms with Crippen molar-refractivity contribution < 1.29 is 24.3 Å². The summed E-state index contributed by atoms with van der Waals surface area (Å²) in [6.45, 7) is 1.12. The van der Waals surface area contributed by atoms with Gasteiger partial charge in [-0.25, -0.2) is 9.78 Å². The van der Waals surface area contributed by atoms with Crippen molar-refractivity contribution >= 4 is 36.3 Å². The summed E-state index contributed by atoms with van der Waals surface area (Å²) in [7, 11) is 0. The zero-order chi connectivity index (χ0) is 22.4.